The number of likely N-dealkylation sites (tertiary alicyclic amines) is 1. The van der Waals surface area contributed by atoms with Crippen molar-refractivity contribution >= 4 is 17.8 Å². The number of carbonyl (C=O) groups is 3. The van der Waals surface area contributed by atoms with Crippen molar-refractivity contribution in [3.63, 3.8) is 0 Å². The van der Waals surface area contributed by atoms with E-state index in [4.69, 9.17) is 14.2 Å². The van der Waals surface area contributed by atoms with E-state index in [-0.39, 0.29) is 25.0 Å². The molecule has 5 aliphatic rings. The van der Waals surface area contributed by atoms with Crippen LogP contribution in [-0.2, 0) is 35.0 Å². The van der Waals surface area contributed by atoms with E-state index < -0.39 is 41.6 Å². The van der Waals surface area contributed by atoms with Gasteiger partial charge in [0.1, 0.15) is 17.6 Å². The van der Waals surface area contributed by atoms with E-state index in [1.807, 2.05) is 54.6 Å². The van der Waals surface area contributed by atoms with Crippen LogP contribution in [0, 0.1) is 11.8 Å². The zero-order chi connectivity index (χ0) is 28.4. The summed E-state index contributed by atoms with van der Waals surface area (Å²) in [7, 11) is 0. The lowest BCUT2D eigenvalue weighted by atomic mass is 9.78. The molecule has 0 saturated carbocycles. The number of nitrogens with zero attached hydrogens (tertiary/aromatic N) is 3. The summed E-state index contributed by atoms with van der Waals surface area (Å²) in [5.41, 5.74) is -0.404. The van der Waals surface area contributed by atoms with Gasteiger partial charge in [-0.2, -0.15) is 0 Å². The maximum Gasteiger partial charge on any atom is 0.312 e. The molecule has 3 fully saturated rings. The van der Waals surface area contributed by atoms with Crippen molar-refractivity contribution in [3.8, 4) is 0 Å². The highest BCUT2D eigenvalue weighted by Gasteiger charge is 2.72. The van der Waals surface area contributed by atoms with E-state index >= 15 is 0 Å². The van der Waals surface area contributed by atoms with Gasteiger partial charge in [-0.1, -0.05) is 54.6 Å². The van der Waals surface area contributed by atoms with Gasteiger partial charge in [0.2, 0.25) is 11.8 Å². The number of carbonyl (C=O) groups excluding carboxylic acids is 3. The molecule has 6 rings (SSSR count). The fourth-order valence-corrected chi connectivity index (χ4v) is 7.06. The molecular formula is C31H39N3O7. The number of hydrogen-bond donors (Lipinski definition) is 1. The zero-order valence-corrected chi connectivity index (χ0v) is 23.3. The van der Waals surface area contributed by atoms with Crippen molar-refractivity contribution < 1.29 is 33.7 Å². The quantitative estimate of drug-likeness (QED) is 0.382. The van der Waals surface area contributed by atoms with Crippen molar-refractivity contribution in [2.24, 2.45) is 11.8 Å². The van der Waals surface area contributed by atoms with Crippen LogP contribution in [0.3, 0.4) is 0 Å². The van der Waals surface area contributed by atoms with Gasteiger partial charge in [0, 0.05) is 32.7 Å². The summed E-state index contributed by atoms with van der Waals surface area (Å²) < 4.78 is 17.8. The molecule has 1 aromatic carbocycles. The highest BCUT2D eigenvalue weighted by molar-refractivity contribution is 5.99. The number of fused-ring (bicyclic) bond motifs is 2. The first kappa shape index (κ1) is 28.1. The van der Waals surface area contributed by atoms with Crippen LogP contribution in [0.5, 0.6) is 0 Å². The Labute approximate surface area is 240 Å². The normalized spacial score (nSPS) is 33.6. The molecular weight excluding hydrogens is 526 g/mol. The molecule has 1 spiro atoms. The molecule has 6 atom stereocenters. The second kappa shape index (κ2) is 12.1. The van der Waals surface area contributed by atoms with Crippen LogP contribution in [0.1, 0.15) is 18.4 Å². The monoisotopic (exact) mass is 565 g/mol. The van der Waals surface area contributed by atoms with Crippen molar-refractivity contribution in [3.05, 3.63) is 60.2 Å². The molecule has 0 bridgehead atoms. The Balaban J connectivity index is 1.37. The molecule has 1 N–H and O–H groups in total. The number of aliphatic hydroxyl groups is 1. The van der Waals surface area contributed by atoms with Gasteiger partial charge in [0.15, 0.2) is 0 Å². The summed E-state index contributed by atoms with van der Waals surface area (Å²) in [6.07, 6.45) is 8.67. The van der Waals surface area contributed by atoms with Crippen LogP contribution < -0.4 is 0 Å². The van der Waals surface area contributed by atoms with E-state index in [1.54, 1.807) is 4.90 Å². The van der Waals surface area contributed by atoms with Crippen LogP contribution in [0.25, 0.3) is 0 Å². The number of morpholine rings is 1. The average Bonchev–Trinajstić information content (AvgIpc) is 3.41. The number of allylic oxidation sites excluding steroid dienone is 1. The first-order chi connectivity index (χ1) is 20.0. The van der Waals surface area contributed by atoms with Gasteiger partial charge in [-0.3, -0.25) is 19.3 Å². The second-order valence-electron chi connectivity index (χ2n) is 11.5. The molecule has 5 heterocycles. The van der Waals surface area contributed by atoms with E-state index in [2.05, 4.69) is 4.90 Å². The van der Waals surface area contributed by atoms with Crippen LogP contribution in [-0.4, -0.2) is 121 Å². The lowest BCUT2D eigenvalue weighted by molar-refractivity contribution is -0.156. The highest BCUT2D eigenvalue weighted by Crippen LogP contribution is 2.53. The molecule has 1 aromatic rings. The van der Waals surface area contributed by atoms with E-state index in [0.717, 1.165) is 25.1 Å². The molecule has 10 heteroatoms. The second-order valence-corrected chi connectivity index (χ2v) is 11.5. The molecule has 5 aliphatic heterocycles. The Kier molecular flexibility index (Phi) is 8.26. The minimum Gasteiger partial charge on any atom is -0.465 e. The van der Waals surface area contributed by atoms with Crippen LogP contribution in [0.15, 0.2) is 54.6 Å². The van der Waals surface area contributed by atoms with Gasteiger partial charge in [0.05, 0.1) is 44.5 Å². The highest BCUT2D eigenvalue weighted by atomic mass is 16.6. The van der Waals surface area contributed by atoms with Crippen molar-refractivity contribution in [2.45, 2.75) is 43.1 Å². The summed E-state index contributed by atoms with van der Waals surface area (Å²) in [5, 5.41) is 10.6. The Morgan fingerprint density at radius 2 is 1.80 bits per heavy atom. The molecule has 0 radical (unpaired) electrons. The summed E-state index contributed by atoms with van der Waals surface area (Å²) in [4.78, 5) is 47.9. The van der Waals surface area contributed by atoms with Gasteiger partial charge in [-0.25, -0.2) is 0 Å². The number of rotatable bonds is 7. The summed E-state index contributed by atoms with van der Waals surface area (Å²) in [6.45, 7) is 4.44. The van der Waals surface area contributed by atoms with Crippen molar-refractivity contribution in [1.82, 2.24) is 14.7 Å². The number of cyclic esters (lactones) is 1. The third kappa shape index (κ3) is 5.22. The molecule has 2 amide bonds. The Morgan fingerprint density at radius 1 is 1.00 bits per heavy atom. The van der Waals surface area contributed by atoms with Gasteiger partial charge in [-0.05, 0) is 24.8 Å². The maximum absolute atomic E-state index is 14.5. The van der Waals surface area contributed by atoms with E-state index in [0.29, 0.717) is 45.7 Å². The third-order valence-corrected chi connectivity index (χ3v) is 9.08. The molecule has 220 valence electrons. The molecule has 10 nitrogen and oxygen atoms in total. The molecule has 0 aromatic heterocycles. The summed E-state index contributed by atoms with van der Waals surface area (Å²) in [6, 6.07) is 7.93. The number of benzene rings is 1. The fourth-order valence-electron chi connectivity index (χ4n) is 7.06. The van der Waals surface area contributed by atoms with Gasteiger partial charge in [-0.15, -0.1) is 0 Å². The predicted molar refractivity (Wildman–Crippen MR) is 149 cm³/mol. The number of amides is 2. The lowest BCUT2D eigenvalue weighted by Gasteiger charge is -2.39. The topological polar surface area (TPSA) is 109 Å². The smallest absolute Gasteiger partial charge is 0.312 e. The Morgan fingerprint density at radius 3 is 2.59 bits per heavy atom. The summed E-state index contributed by atoms with van der Waals surface area (Å²) in [5.74, 6) is -2.87. The number of aliphatic hydroxyl groups excluding tert-OH is 1. The molecule has 41 heavy (non-hydrogen) atoms. The molecule has 0 aliphatic carbocycles. The first-order valence-electron chi connectivity index (χ1n) is 14.8. The number of ether oxygens (including phenoxy) is 3. The zero-order valence-electron chi connectivity index (χ0n) is 23.3. The standard InChI is InChI=1S/C31H39N3O7/c35-21-23(20-22-8-3-1-4-9-22)34-27-29(37)33(14-13-32-15-18-39-19-16-32)12-7-11-31(27)26(28(34)36)25-24(41-31)10-5-2-6-17-40-30(25)38/h1,3-5,7-11,23-27,35H,2,6,12-21H2/b10-5-/t23-,24+,25-,26+,27?,31+/m1/s1. The van der Waals surface area contributed by atoms with E-state index in [1.165, 1.54) is 4.90 Å². The minimum absolute atomic E-state index is 0.227. The van der Waals surface area contributed by atoms with Gasteiger partial charge < -0.3 is 29.1 Å². The summed E-state index contributed by atoms with van der Waals surface area (Å²) >= 11 is 0. The third-order valence-electron chi connectivity index (χ3n) is 9.08. The SMILES string of the molecule is O=C1OCCC/C=C\[C@@H]2O[C@]34C=CCN(CCN5CCOCC5)C(=O)C3N([C@@H](CO)Cc3ccccc3)C(=O)[C@@H]4[C@H]12. The lowest BCUT2D eigenvalue weighted by Crippen LogP contribution is -2.59. The molecule has 1 unspecified atom stereocenters. The predicted octanol–water partition coefficient (Wildman–Crippen LogP) is 0.795. The van der Waals surface area contributed by atoms with Crippen LogP contribution >= 0.6 is 0 Å². The largest absolute Gasteiger partial charge is 0.465 e. The van der Waals surface area contributed by atoms with Gasteiger partial charge in [0.25, 0.3) is 0 Å². The van der Waals surface area contributed by atoms with Crippen LogP contribution in [0.4, 0.5) is 0 Å². The van der Waals surface area contributed by atoms with Gasteiger partial charge >= 0.3 is 5.97 Å². The van der Waals surface area contributed by atoms with Crippen molar-refractivity contribution in [2.75, 3.05) is 59.2 Å². The number of esters is 1. The first-order valence-corrected chi connectivity index (χ1v) is 14.8. The Bertz CT molecular complexity index is 1180. The Hall–Kier alpha value is -3.05. The molecule has 3 saturated heterocycles. The minimum atomic E-state index is -1.34. The average molecular weight is 566 g/mol. The number of hydrogen-bond acceptors (Lipinski definition) is 8. The fraction of sp³-hybridized carbons (Fsp3) is 0.581. The van der Waals surface area contributed by atoms with Crippen molar-refractivity contribution in [1.29, 1.82) is 0 Å². The van der Waals surface area contributed by atoms with E-state index in [9.17, 15) is 19.5 Å². The maximum atomic E-state index is 14.5. The van der Waals surface area contributed by atoms with Crippen LogP contribution in [0.2, 0.25) is 0 Å².